The molecule has 21 heteroatoms. The van der Waals surface area contributed by atoms with Gasteiger partial charge in [0.15, 0.2) is 6.11 Å². The Hall–Kier alpha value is -2.42. The second-order valence-electron chi connectivity index (χ2n) is 2.41. The molecule has 31 heavy (non-hydrogen) atoms. The minimum Gasteiger partial charge on any atom is -0.358 e. The molecule has 0 spiro atoms. The maximum absolute atomic E-state index is 9.16. The van der Waals surface area contributed by atoms with Crippen molar-refractivity contribution in [3.63, 3.8) is 0 Å². The van der Waals surface area contributed by atoms with E-state index < -0.39 is 0 Å². The van der Waals surface area contributed by atoms with Crippen LogP contribution in [0.3, 0.4) is 0 Å². The van der Waals surface area contributed by atoms with Gasteiger partial charge in [-0.15, -0.1) is 5.92 Å². The smallest absolute Gasteiger partial charge is 0.174 e. The summed E-state index contributed by atoms with van der Waals surface area (Å²) < 4.78 is 0. The molecule has 0 aliphatic carbocycles. The van der Waals surface area contributed by atoms with Gasteiger partial charge in [0.25, 0.3) is 0 Å². The maximum Gasteiger partial charge on any atom is 0.174 e. The van der Waals surface area contributed by atoms with E-state index in [9.17, 15) is 0 Å². The van der Waals surface area contributed by atoms with Crippen LogP contribution in [0.25, 0.3) is 0 Å². The van der Waals surface area contributed by atoms with Crippen molar-refractivity contribution in [1.29, 1.82) is 0 Å². The molecule has 0 bridgehead atoms. The first kappa shape index (κ1) is 30.8. The Labute approximate surface area is 183 Å². The van der Waals surface area contributed by atoms with E-state index >= 15 is 0 Å². The molecule has 166 valence electrons. The van der Waals surface area contributed by atoms with Crippen LogP contribution in [0.5, 0.6) is 0 Å². The molecule has 0 saturated carbocycles. The van der Waals surface area contributed by atoms with E-state index in [0.29, 0.717) is 0 Å². The first-order valence-corrected chi connectivity index (χ1v) is 5.62. The Bertz CT molecular complexity index is 691. The predicted molar refractivity (Wildman–Crippen MR) is 59.5 cm³/mol. The molecule has 0 aromatic heterocycles. The first-order chi connectivity index (χ1) is 14.9. The Morgan fingerprint density at radius 1 is 0.419 bits per heavy atom. The summed E-state index contributed by atoms with van der Waals surface area (Å²) in [4.78, 5) is 4.03. The fraction of sp³-hybridized carbons (Fsp3) is 0. The zero-order valence-electron chi connectivity index (χ0n) is 13.6. The maximum atomic E-state index is 9.16. The van der Waals surface area contributed by atoms with Gasteiger partial charge in [-0.2, -0.15) is 0 Å². The Kier molecular flexibility index (Phi) is 29.6. The van der Waals surface area contributed by atoms with Gasteiger partial charge in [-0.3, -0.25) is 5.92 Å². The molecule has 0 aliphatic heterocycles. The Morgan fingerprint density at radius 3 is 1.13 bits per heavy atom. The van der Waals surface area contributed by atoms with Crippen LogP contribution in [0, 0.1) is 59.9 Å². The summed E-state index contributed by atoms with van der Waals surface area (Å²) in [5, 5.41) is 71.3. The van der Waals surface area contributed by atoms with Gasteiger partial charge in [0.1, 0.15) is 0 Å². The van der Waals surface area contributed by atoms with Gasteiger partial charge in [-0.05, 0) is 11.8 Å². The molecular weight excluding hydrogens is 533 g/mol. The van der Waals surface area contributed by atoms with Crippen LogP contribution < -0.4 is 0 Å². The van der Waals surface area contributed by atoms with E-state index in [1.54, 1.807) is 5.92 Å². The average molecular weight is 533 g/mol. The monoisotopic (exact) mass is 533 g/mol. The molecule has 0 aliphatic rings. The van der Waals surface area contributed by atoms with Gasteiger partial charge < -0.3 is 6.42 Å². The summed E-state index contributed by atoms with van der Waals surface area (Å²) in [6.07, 6.45) is 8.33. The van der Waals surface area contributed by atoms with Crippen molar-refractivity contribution in [3.05, 3.63) is 6.42 Å². The fourth-order valence-electron chi connectivity index (χ4n) is 0.446. The molecule has 0 fully saturated rings. The van der Waals surface area contributed by atoms with E-state index in [0.717, 1.165) is 0 Å². The number of rotatable bonds is 18. The van der Waals surface area contributed by atoms with Crippen molar-refractivity contribution >= 4 is 0 Å². The largest absolute Gasteiger partial charge is 0.358 e. The summed E-state index contributed by atoms with van der Waals surface area (Å²) in [5.41, 5.74) is 0. The Morgan fingerprint density at radius 2 is 0.742 bits per heavy atom. The normalized spacial score (nSPS) is 8.52. The summed E-state index contributed by atoms with van der Waals surface area (Å²) in [6, 6.07) is 0. The second-order valence-corrected chi connectivity index (χ2v) is 2.41. The molecule has 0 aromatic carbocycles. The zero-order chi connectivity index (χ0) is 21.8. The molecule has 20 nitrogen and oxygen atoms in total. The molecule has 2 radical (unpaired) electrons. The van der Waals surface area contributed by atoms with Gasteiger partial charge in [0, 0.05) is 136 Å². The summed E-state index contributed by atoms with van der Waals surface area (Å²) >= 11 is 0. The molecule has 0 rings (SSSR count). The third-order valence-corrected chi connectivity index (χ3v) is 1.04. The minimum atomic E-state index is 0. The van der Waals surface area contributed by atoms with Crippen molar-refractivity contribution in [2.75, 3.05) is 0 Å². The van der Waals surface area contributed by atoms with Crippen molar-refractivity contribution in [2.24, 2.45) is 0 Å². The zero-order valence-corrected chi connectivity index (χ0v) is 15.8. The molecule has 0 unspecified atom stereocenters. The van der Waals surface area contributed by atoms with Crippen LogP contribution in [0.4, 0.5) is 0 Å². The predicted octanol–water partition coefficient (Wildman–Crippen LogP) is -1.32. The molecule has 0 aromatic rings. The summed E-state index contributed by atoms with van der Waals surface area (Å²) in [5.74, 6) is 17.3. The quantitative estimate of drug-likeness (QED) is 0.0502. The molecule has 0 atom stereocenters. The van der Waals surface area contributed by atoms with Crippen LogP contribution in [0.2, 0.25) is 0 Å². The first-order valence-electron chi connectivity index (χ1n) is 5.62. The topological polar surface area (TPSA) is 195 Å². The summed E-state index contributed by atoms with van der Waals surface area (Å²) in [6.45, 7) is 0. The van der Waals surface area contributed by atoms with Crippen molar-refractivity contribution < 1.29 is 123 Å². The van der Waals surface area contributed by atoms with Gasteiger partial charge >= 0.3 is 0 Å². The molecular formula is C10NbO20-. The van der Waals surface area contributed by atoms with E-state index in [-0.39, 0.29) is 22.4 Å². The van der Waals surface area contributed by atoms with Crippen molar-refractivity contribution in [3.8, 4) is 53.5 Å². The number of hydrogen-bond donors (Lipinski definition) is 0. The standard InChI is InChI=1S/C10O20.Nb/c1-2-3-4-5-6-7-8-9-10-12-14-16-18-20-22-24-26-28-30-29-27-25-23-21-19-17-15-13-11;/q-1;. The SMILES string of the molecule is [C-]#CC#CC#CC#CC#COOOOOOOOOOOOOOOOOOO[O].[Nb]. The fourth-order valence-corrected chi connectivity index (χ4v) is 0.446. The van der Waals surface area contributed by atoms with E-state index in [1.165, 1.54) is 0 Å². The third-order valence-electron chi connectivity index (χ3n) is 1.04. The van der Waals surface area contributed by atoms with E-state index in [4.69, 9.17) is 11.7 Å². The summed E-state index contributed by atoms with van der Waals surface area (Å²) in [7, 11) is 0. The van der Waals surface area contributed by atoms with Gasteiger partial charge in [0.2, 0.25) is 0 Å². The second kappa shape index (κ2) is 29.8. The van der Waals surface area contributed by atoms with Gasteiger partial charge in [0.05, 0.1) is 0 Å². The van der Waals surface area contributed by atoms with E-state index in [1.807, 2.05) is 6.11 Å². The number of hydrogen-bond acceptors (Lipinski definition) is 19. The molecule has 0 heterocycles. The molecule has 0 amide bonds. The minimum absolute atomic E-state index is 0. The van der Waals surface area contributed by atoms with Crippen molar-refractivity contribution in [2.45, 2.75) is 0 Å². The molecule has 0 saturated heterocycles. The average Bonchev–Trinajstić information content (AvgIpc) is 2.76. The van der Waals surface area contributed by atoms with Crippen LogP contribution in [-0.4, -0.2) is 0 Å². The van der Waals surface area contributed by atoms with Crippen LogP contribution >= 0.6 is 0 Å². The van der Waals surface area contributed by atoms with Crippen LogP contribution in [0.1, 0.15) is 0 Å². The Balaban J connectivity index is 0. The van der Waals surface area contributed by atoms with E-state index in [2.05, 4.69) is 137 Å². The molecule has 0 N–H and O–H groups in total. The van der Waals surface area contributed by atoms with Crippen molar-refractivity contribution in [1.82, 2.24) is 0 Å². The van der Waals surface area contributed by atoms with Gasteiger partial charge in [-0.1, -0.05) is 0 Å². The van der Waals surface area contributed by atoms with Crippen LogP contribution in [0.15, 0.2) is 0 Å². The van der Waals surface area contributed by atoms with Gasteiger partial charge in [-0.25, -0.2) is 10.8 Å². The third kappa shape index (κ3) is 29.9. The van der Waals surface area contributed by atoms with Crippen LogP contribution in [-0.2, 0) is 123 Å².